The van der Waals surface area contributed by atoms with E-state index in [9.17, 15) is 13.2 Å². The van der Waals surface area contributed by atoms with Gasteiger partial charge < -0.3 is 4.90 Å². The number of benzene rings is 1. The van der Waals surface area contributed by atoms with Crippen LogP contribution in [0.2, 0.25) is 0 Å². The summed E-state index contributed by atoms with van der Waals surface area (Å²) in [5.41, 5.74) is 1.25. The molecule has 2 atom stereocenters. The van der Waals surface area contributed by atoms with Gasteiger partial charge in [-0.05, 0) is 24.9 Å². The summed E-state index contributed by atoms with van der Waals surface area (Å²) in [4.78, 5) is 16.2. The Kier molecular flexibility index (Phi) is 4.70. The second-order valence-electron chi connectivity index (χ2n) is 6.48. The van der Waals surface area contributed by atoms with Crippen LogP contribution in [0.3, 0.4) is 0 Å². The van der Waals surface area contributed by atoms with Crippen LogP contribution >= 0.6 is 0 Å². The highest BCUT2D eigenvalue weighted by Crippen LogP contribution is 2.25. The van der Waals surface area contributed by atoms with Gasteiger partial charge in [-0.1, -0.05) is 30.3 Å². The largest absolute Gasteiger partial charge is 0.337 e. The Morgan fingerprint density at radius 1 is 1.17 bits per heavy atom. The smallest absolute Gasteiger partial charge is 0.224 e. The molecule has 2 fully saturated rings. The fourth-order valence-electron chi connectivity index (χ4n) is 3.54. The van der Waals surface area contributed by atoms with Gasteiger partial charge >= 0.3 is 0 Å². The highest BCUT2D eigenvalue weighted by Gasteiger charge is 2.40. The third-order valence-corrected chi connectivity index (χ3v) is 6.00. The fraction of sp³-hybridized carbons (Fsp3) is 0.562. The predicted molar refractivity (Wildman–Crippen MR) is 88.0 cm³/mol. The number of amides is 1. The summed E-state index contributed by atoms with van der Waals surface area (Å²) in [5.74, 6) is -0.0874. The molecule has 1 aromatic rings. The molecule has 6 nitrogen and oxygen atoms in total. The van der Waals surface area contributed by atoms with Gasteiger partial charge in [-0.25, -0.2) is 13.6 Å². The molecular weight excluding hydrogens is 314 g/mol. The molecule has 2 N–H and O–H groups in total. The lowest BCUT2D eigenvalue weighted by molar-refractivity contribution is -0.130. The number of carbonyl (C=O) groups excluding carboxylic acids is 1. The van der Waals surface area contributed by atoms with Gasteiger partial charge in [-0.3, -0.25) is 9.69 Å². The van der Waals surface area contributed by atoms with Gasteiger partial charge in [-0.2, -0.15) is 0 Å². The average Bonchev–Trinajstić information content (AvgIpc) is 2.91. The van der Waals surface area contributed by atoms with Crippen molar-refractivity contribution in [3.05, 3.63) is 35.9 Å². The van der Waals surface area contributed by atoms with Crippen LogP contribution in [0.5, 0.6) is 0 Å². The van der Waals surface area contributed by atoms with E-state index < -0.39 is 15.3 Å². The Morgan fingerprint density at radius 2 is 1.91 bits per heavy atom. The summed E-state index contributed by atoms with van der Waals surface area (Å²) in [6, 6.07) is 10.3. The van der Waals surface area contributed by atoms with Crippen molar-refractivity contribution in [3.8, 4) is 0 Å². The van der Waals surface area contributed by atoms with Gasteiger partial charge in [0.05, 0.1) is 0 Å². The number of likely N-dealkylation sites (tertiary alicyclic amines) is 2. The van der Waals surface area contributed by atoms with Crippen LogP contribution in [0.1, 0.15) is 24.8 Å². The molecule has 1 amide bonds. The molecule has 2 unspecified atom stereocenters. The van der Waals surface area contributed by atoms with E-state index in [-0.39, 0.29) is 24.9 Å². The van der Waals surface area contributed by atoms with Crippen molar-refractivity contribution in [1.29, 1.82) is 0 Å². The third-order valence-electron chi connectivity index (χ3n) is 4.76. The summed E-state index contributed by atoms with van der Waals surface area (Å²) >= 11 is 0. The van der Waals surface area contributed by atoms with E-state index in [4.69, 9.17) is 5.14 Å². The molecule has 0 saturated carbocycles. The van der Waals surface area contributed by atoms with Crippen LogP contribution in [-0.4, -0.2) is 55.1 Å². The number of nitrogens with two attached hydrogens (primary N) is 1. The molecule has 2 heterocycles. The van der Waals surface area contributed by atoms with Crippen LogP contribution in [0, 0.1) is 0 Å². The Bertz CT molecular complexity index is 662. The molecule has 126 valence electrons. The van der Waals surface area contributed by atoms with Crippen LogP contribution < -0.4 is 5.14 Å². The molecule has 2 saturated heterocycles. The normalized spacial score (nSPS) is 26.7. The Morgan fingerprint density at radius 3 is 2.57 bits per heavy atom. The molecule has 2 aliphatic rings. The van der Waals surface area contributed by atoms with E-state index in [0.717, 1.165) is 32.5 Å². The molecule has 23 heavy (non-hydrogen) atoms. The molecule has 3 rings (SSSR count). The number of piperidine rings is 1. The maximum absolute atomic E-state index is 12.2. The van der Waals surface area contributed by atoms with Gasteiger partial charge in [0.15, 0.2) is 0 Å². The first-order valence-corrected chi connectivity index (χ1v) is 9.62. The Balaban J connectivity index is 1.63. The summed E-state index contributed by atoms with van der Waals surface area (Å²) < 4.78 is 23.0. The molecule has 0 radical (unpaired) electrons. The maximum Gasteiger partial charge on any atom is 0.224 e. The van der Waals surface area contributed by atoms with Gasteiger partial charge in [0.2, 0.25) is 15.9 Å². The van der Waals surface area contributed by atoms with Crippen molar-refractivity contribution in [2.75, 3.05) is 19.6 Å². The van der Waals surface area contributed by atoms with E-state index in [1.807, 2.05) is 18.2 Å². The minimum absolute atomic E-state index is 0.0218. The number of nitrogens with zero attached hydrogens (tertiary/aromatic N) is 2. The number of hydrogen-bond donors (Lipinski definition) is 1. The lowest BCUT2D eigenvalue weighted by Gasteiger charge is -2.37. The van der Waals surface area contributed by atoms with Gasteiger partial charge in [-0.15, -0.1) is 0 Å². The summed E-state index contributed by atoms with van der Waals surface area (Å²) in [7, 11) is -3.65. The first kappa shape index (κ1) is 16.4. The quantitative estimate of drug-likeness (QED) is 0.869. The molecule has 0 aromatic heterocycles. The van der Waals surface area contributed by atoms with Crippen LogP contribution in [0.25, 0.3) is 0 Å². The number of sulfonamides is 1. The number of hydrogen-bond acceptors (Lipinski definition) is 4. The molecule has 0 spiro atoms. The van der Waals surface area contributed by atoms with Gasteiger partial charge in [0, 0.05) is 32.1 Å². The monoisotopic (exact) mass is 337 g/mol. The SMILES string of the molecule is NS(=O)(=O)C1CC(=O)N(C2CCCN(Cc3ccccc3)C2)C1. The molecule has 7 heteroatoms. The number of carbonyl (C=O) groups is 1. The zero-order valence-corrected chi connectivity index (χ0v) is 13.9. The maximum atomic E-state index is 12.2. The van der Waals surface area contributed by atoms with E-state index >= 15 is 0 Å². The fourth-order valence-corrected chi connectivity index (χ4v) is 4.28. The van der Waals surface area contributed by atoms with Crippen molar-refractivity contribution in [3.63, 3.8) is 0 Å². The van der Waals surface area contributed by atoms with Crippen LogP contribution in [-0.2, 0) is 21.4 Å². The van der Waals surface area contributed by atoms with E-state index in [2.05, 4.69) is 17.0 Å². The Labute approximate surface area is 137 Å². The van der Waals surface area contributed by atoms with Crippen molar-refractivity contribution < 1.29 is 13.2 Å². The van der Waals surface area contributed by atoms with Crippen molar-refractivity contribution in [2.24, 2.45) is 5.14 Å². The number of rotatable bonds is 4. The lowest BCUT2D eigenvalue weighted by atomic mass is 10.0. The van der Waals surface area contributed by atoms with Gasteiger partial charge in [0.25, 0.3) is 0 Å². The highest BCUT2D eigenvalue weighted by atomic mass is 32.2. The summed E-state index contributed by atoms with van der Waals surface area (Å²) in [5, 5.41) is 4.46. The van der Waals surface area contributed by atoms with Crippen LogP contribution in [0.4, 0.5) is 0 Å². The molecule has 2 aliphatic heterocycles. The number of primary sulfonamides is 1. The molecule has 0 aliphatic carbocycles. The second kappa shape index (κ2) is 6.59. The summed E-state index contributed by atoms with van der Waals surface area (Å²) in [6.45, 7) is 2.89. The van der Waals surface area contributed by atoms with Crippen molar-refractivity contribution >= 4 is 15.9 Å². The van der Waals surface area contributed by atoms with Crippen molar-refractivity contribution in [2.45, 2.75) is 37.1 Å². The third kappa shape index (κ3) is 3.91. The van der Waals surface area contributed by atoms with E-state index in [1.165, 1.54) is 5.56 Å². The topological polar surface area (TPSA) is 83.7 Å². The average molecular weight is 337 g/mol. The predicted octanol–water partition coefficient (Wildman–Crippen LogP) is 0.540. The minimum Gasteiger partial charge on any atom is -0.337 e. The highest BCUT2D eigenvalue weighted by molar-refractivity contribution is 7.89. The molecule has 0 bridgehead atoms. The second-order valence-corrected chi connectivity index (χ2v) is 8.32. The summed E-state index contributed by atoms with van der Waals surface area (Å²) in [6.07, 6.45) is 1.96. The minimum atomic E-state index is -3.65. The standard InChI is InChI=1S/C16H23N3O3S/c17-23(21,22)15-9-16(20)19(12-15)14-7-4-8-18(11-14)10-13-5-2-1-3-6-13/h1-3,5-6,14-15H,4,7-12H2,(H2,17,21,22). The lowest BCUT2D eigenvalue weighted by Crippen LogP contribution is -2.48. The first-order chi connectivity index (χ1) is 10.9. The van der Waals surface area contributed by atoms with E-state index in [0.29, 0.717) is 0 Å². The van der Waals surface area contributed by atoms with Crippen molar-refractivity contribution in [1.82, 2.24) is 9.80 Å². The zero-order valence-electron chi connectivity index (χ0n) is 13.1. The zero-order chi connectivity index (χ0) is 16.4. The molecular formula is C16H23N3O3S. The van der Waals surface area contributed by atoms with Crippen LogP contribution in [0.15, 0.2) is 30.3 Å². The Hall–Kier alpha value is -1.44. The van der Waals surface area contributed by atoms with E-state index in [1.54, 1.807) is 4.90 Å². The molecule has 1 aromatic carbocycles. The first-order valence-electron chi connectivity index (χ1n) is 8.01. The van der Waals surface area contributed by atoms with Gasteiger partial charge in [0.1, 0.15) is 5.25 Å².